The molecule has 0 saturated heterocycles. The Morgan fingerprint density at radius 2 is 1.75 bits per heavy atom. The van der Waals surface area contributed by atoms with E-state index in [0.29, 0.717) is 0 Å². The van der Waals surface area contributed by atoms with Crippen molar-refractivity contribution in [2.45, 2.75) is 18.7 Å². The molecule has 2 aliphatic rings. The number of ether oxygens (including phenoxy) is 1. The topological polar surface area (TPSA) is 24.8 Å². The maximum absolute atomic E-state index is 14.1. The fraction of sp³-hybridized carbons (Fsp3) is 0.115. The zero-order valence-electron chi connectivity index (χ0n) is 16.8. The van der Waals surface area contributed by atoms with Crippen LogP contribution in [-0.2, 0) is 0 Å². The van der Waals surface area contributed by atoms with Crippen molar-refractivity contribution in [1.82, 2.24) is 5.01 Å². The lowest BCUT2D eigenvalue weighted by Crippen LogP contribution is -2.34. The van der Waals surface area contributed by atoms with Crippen molar-refractivity contribution in [2.24, 2.45) is 5.10 Å². The van der Waals surface area contributed by atoms with Gasteiger partial charge in [0.1, 0.15) is 11.6 Å². The minimum Gasteiger partial charge on any atom is -0.463 e. The van der Waals surface area contributed by atoms with Gasteiger partial charge in [-0.3, -0.25) is 0 Å². The Hall–Kier alpha value is -2.70. The highest BCUT2D eigenvalue weighted by molar-refractivity contribution is 9.11. The molecular formula is C26H17Br2FN2O. The number of rotatable bonds is 2. The predicted octanol–water partition coefficient (Wildman–Crippen LogP) is 7.75. The SMILES string of the molecule is Fc1cccc([C@@H]2Oc3c(Br)cc(Br)cc3[C@@H]3CC(c4ccc5ccccc5c4)=NN32)c1. The van der Waals surface area contributed by atoms with Crippen LogP contribution in [0.2, 0.25) is 0 Å². The average molecular weight is 552 g/mol. The molecule has 2 heterocycles. The molecule has 0 amide bonds. The molecule has 0 radical (unpaired) electrons. The van der Waals surface area contributed by atoms with Crippen molar-refractivity contribution < 1.29 is 9.13 Å². The van der Waals surface area contributed by atoms with E-state index in [9.17, 15) is 4.39 Å². The fourth-order valence-corrected chi connectivity index (χ4v) is 5.89. The van der Waals surface area contributed by atoms with Crippen LogP contribution in [0.15, 0.2) is 92.9 Å². The lowest BCUT2D eigenvalue weighted by Gasteiger charge is -2.38. The van der Waals surface area contributed by atoms with E-state index < -0.39 is 6.23 Å². The third-order valence-corrected chi connectivity index (χ3v) is 7.07. The molecule has 0 unspecified atom stereocenters. The molecule has 0 N–H and O–H groups in total. The van der Waals surface area contributed by atoms with Crippen LogP contribution in [0, 0.1) is 5.82 Å². The van der Waals surface area contributed by atoms with E-state index in [1.807, 2.05) is 29.3 Å². The van der Waals surface area contributed by atoms with Crippen molar-refractivity contribution >= 4 is 48.3 Å². The largest absolute Gasteiger partial charge is 0.463 e. The molecule has 0 bridgehead atoms. The second kappa shape index (κ2) is 7.71. The van der Waals surface area contributed by atoms with Crippen LogP contribution in [0.1, 0.15) is 35.4 Å². The van der Waals surface area contributed by atoms with Gasteiger partial charge in [0.05, 0.1) is 16.2 Å². The van der Waals surface area contributed by atoms with Crippen LogP contribution in [0.3, 0.4) is 0 Å². The van der Waals surface area contributed by atoms with Gasteiger partial charge in [-0.2, -0.15) is 5.10 Å². The summed E-state index contributed by atoms with van der Waals surface area (Å²) < 4.78 is 22.3. The first kappa shape index (κ1) is 19.9. The van der Waals surface area contributed by atoms with Gasteiger partial charge in [0, 0.05) is 22.0 Å². The van der Waals surface area contributed by atoms with E-state index in [4.69, 9.17) is 9.84 Å². The Balaban J connectivity index is 1.48. The van der Waals surface area contributed by atoms with E-state index in [-0.39, 0.29) is 11.9 Å². The molecule has 4 aromatic carbocycles. The highest BCUT2D eigenvalue weighted by atomic mass is 79.9. The van der Waals surface area contributed by atoms with E-state index in [1.165, 1.54) is 22.9 Å². The average Bonchev–Trinajstić information content (AvgIpc) is 3.24. The molecule has 2 atom stereocenters. The quantitative estimate of drug-likeness (QED) is 0.254. The van der Waals surface area contributed by atoms with Crippen LogP contribution in [-0.4, -0.2) is 10.7 Å². The van der Waals surface area contributed by atoms with Crippen LogP contribution < -0.4 is 4.74 Å². The Labute approximate surface area is 201 Å². The van der Waals surface area contributed by atoms with Gasteiger partial charge in [-0.25, -0.2) is 9.40 Å². The molecule has 6 rings (SSSR count). The Kier molecular flexibility index (Phi) is 4.81. The summed E-state index contributed by atoms with van der Waals surface area (Å²) in [6.07, 6.45) is 0.224. The summed E-state index contributed by atoms with van der Waals surface area (Å²) in [5.74, 6) is 0.486. The number of nitrogens with zero attached hydrogens (tertiary/aromatic N) is 2. The van der Waals surface area contributed by atoms with Crippen LogP contribution >= 0.6 is 31.9 Å². The Morgan fingerprint density at radius 1 is 0.906 bits per heavy atom. The normalized spacial score (nSPS) is 19.3. The molecule has 0 aliphatic carbocycles. The molecule has 2 aliphatic heterocycles. The summed E-state index contributed by atoms with van der Waals surface area (Å²) in [6.45, 7) is 0. The lowest BCUT2D eigenvalue weighted by atomic mass is 9.95. The first-order chi connectivity index (χ1) is 15.6. The maximum Gasteiger partial charge on any atom is 0.214 e. The number of hydrogen-bond acceptors (Lipinski definition) is 3. The standard InChI is InChI=1S/C26H17Br2FN2O/c27-19-12-21-24-14-23(17-9-8-15-4-1-2-5-16(15)10-17)30-31(24)26(32-25(21)22(28)13-19)18-6-3-7-20(29)11-18/h1-13,24,26H,14H2/t24-,26-/m0/s1. The third-order valence-electron chi connectivity index (χ3n) is 6.02. The minimum absolute atomic E-state index is 0.0118. The van der Waals surface area contributed by atoms with Gasteiger partial charge in [0.2, 0.25) is 6.23 Å². The van der Waals surface area contributed by atoms with Crippen molar-refractivity contribution in [3.05, 3.63) is 110 Å². The molecule has 4 aromatic rings. The summed E-state index contributed by atoms with van der Waals surface area (Å²) in [6, 6.07) is 25.3. The molecular weight excluding hydrogens is 535 g/mol. The smallest absolute Gasteiger partial charge is 0.214 e. The lowest BCUT2D eigenvalue weighted by molar-refractivity contribution is -0.0199. The number of halogens is 3. The minimum atomic E-state index is -0.515. The van der Waals surface area contributed by atoms with Crippen LogP contribution in [0.25, 0.3) is 10.8 Å². The van der Waals surface area contributed by atoms with E-state index in [1.54, 1.807) is 6.07 Å². The molecule has 3 nitrogen and oxygen atoms in total. The highest BCUT2D eigenvalue weighted by Crippen LogP contribution is 2.50. The molecule has 0 fully saturated rings. The van der Waals surface area contributed by atoms with Crippen molar-refractivity contribution in [2.75, 3.05) is 0 Å². The Bertz CT molecular complexity index is 1400. The van der Waals surface area contributed by atoms with E-state index in [2.05, 4.69) is 68.3 Å². The predicted molar refractivity (Wildman–Crippen MR) is 131 cm³/mol. The molecule has 0 aromatic heterocycles. The Morgan fingerprint density at radius 3 is 2.59 bits per heavy atom. The van der Waals surface area contributed by atoms with Crippen LogP contribution in [0.5, 0.6) is 5.75 Å². The first-order valence-corrected chi connectivity index (χ1v) is 11.9. The molecule has 6 heteroatoms. The number of benzene rings is 4. The maximum atomic E-state index is 14.1. The summed E-state index contributed by atoms with van der Waals surface area (Å²) in [5.41, 5.74) is 3.87. The summed E-state index contributed by atoms with van der Waals surface area (Å²) in [7, 11) is 0. The van der Waals surface area contributed by atoms with Gasteiger partial charge >= 0.3 is 0 Å². The van der Waals surface area contributed by atoms with Crippen molar-refractivity contribution in [3.8, 4) is 5.75 Å². The van der Waals surface area contributed by atoms with Gasteiger partial charge < -0.3 is 4.74 Å². The van der Waals surface area contributed by atoms with Crippen molar-refractivity contribution in [3.63, 3.8) is 0 Å². The van der Waals surface area contributed by atoms with Gasteiger partial charge in [0.15, 0.2) is 0 Å². The van der Waals surface area contributed by atoms with Gasteiger partial charge in [-0.05, 0) is 62.6 Å². The summed E-state index contributed by atoms with van der Waals surface area (Å²) in [5, 5.41) is 9.36. The molecule has 32 heavy (non-hydrogen) atoms. The van der Waals surface area contributed by atoms with Crippen molar-refractivity contribution in [1.29, 1.82) is 0 Å². The summed E-state index contributed by atoms with van der Waals surface area (Å²) >= 11 is 7.25. The fourth-order valence-electron chi connectivity index (χ4n) is 4.54. The van der Waals surface area contributed by atoms with Gasteiger partial charge in [-0.1, -0.05) is 64.5 Å². The third kappa shape index (κ3) is 3.33. The first-order valence-electron chi connectivity index (χ1n) is 10.3. The molecule has 158 valence electrons. The zero-order chi connectivity index (χ0) is 21.8. The highest BCUT2D eigenvalue weighted by Gasteiger charge is 2.42. The molecule has 0 spiro atoms. The van der Waals surface area contributed by atoms with E-state index >= 15 is 0 Å². The zero-order valence-corrected chi connectivity index (χ0v) is 20.0. The second-order valence-corrected chi connectivity index (χ2v) is 9.81. The number of hydrazone groups is 1. The van der Waals surface area contributed by atoms with Crippen LogP contribution in [0.4, 0.5) is 4.39 Å². The van der Waals surface area contributed by atoms with Gasteiger partial charge in [-0.15, -0.1) is 0 Å². The number of fused-ring (bicyclic) bond motifs is 4. The van der Waals surface area contributed by atoms with Gasteiger partial charge in [0.25, 0.3) is 0 Å². The second-order valence-electron chi connectivity index (χ2n) is 8.04. The molecule has 0 saturated carbocycles. The monoisotopic (exact) mass is 550 g/mol. The van der Waals surface area contributed by atoms with E-state index in [0.717, 1.165) is 43.5 Å². The summed E-state index contributed by atoms with van der Waals surface area (Å²) in [4.78, 5) is 0. The number of hydrogen-bond donors (Lipinski definition) is 0.